The molecule has 6 nitrogen and oxygen atoms in total. The monoisotopic (exact) mass is 294 g/mol. The van der Waals surface area contributed by atoms with Crippen LogP contribution in [-0.2, 0) is 16.0 Å². The first kappa shape index (κ1) is 17.0. The Balaban J connectivity index is 2.78. The van der Waals surface area contributed by atoms with Crippen LogP contribution in [0.15, 0.2) is 30.3 Å². The Morgan fingerprint density at radius 2 is 1.86 bits per heavy atom. The standard InChI is InChI=1S/C15H22N2O4/c1-15(2,3)21-14(20)17-11(12(18)13(16)19)9-10-7-5-4-6-8-10/h4-8,11-12,18H,9H2,1-3H3,(H2,16,19)(H,17,20)/t11-,12+/m0/s1. The number of aliphatic hydroxyl groups excluding tert-OH is 1. The molecule has 0 radical (unpaired) electrons. The summed E-state index contributed by atoms with van der Waals surface area (Å²) in [5, 5.41) is 12.3. The first-order valence-electron chi connectivity index (χ1n) is 6.70. The Morgan fingerprint density at radius 3 is 2.33 bits per heavy atom. The van der Waals surface area contributed by atoms with Crippen LogP contribution in [-0.4, -0.2) is 34.9 Å². The van der Waals surface area contributed by atoms with Crippen LogP contribution in [0.4, 0.5) is 4.79 Å². The SMILES string of the molecule is CC(C)(C)OC(=O)N[C@@H](Cc1ccccc1)[C@@H](O)C(N)=O. The third-order valence-corrected chi connectivity index (χ3v) is 2.67. The van der Waals surface area contributed by atoms with Gasteiger partial charge in [-0.1, -0.05) is 30.3 Å². The molecule has 0 heterocycles. The zero-order valence-corrected chi connectivity index (χ0v) is 12.5. The molecule has 0 aromatic heterocycles. The van der Waals surface area contributed by atoms with Crippen LogP contribution in [0.5, 0.6) is 0 Å². The van der Waals surface area contributed by atoms with Crippen LogP contribution in [0.3, 0.4) is 0 Å². The van der Waals surface area contributed by atoms with Gasteiger partial charge in [0.05, 0.1) is 6.04 Å². The van der Waals surface area contributed by atoms with E-state index in [1.807, 2.05) is 30.3 Å². The Bertz CT molecular complexity index is 482. The highest BCUT2D eigenvalue weighted by atomic mass is 16.6. The minimum atomic E-state index is -1.49. The topological polar surface area (TPSA) is 102 Å². The zero-order valence-electron chi connectivity index (χ0n) is 12.5. The highest BCUT2D eigenvalue weighted by Crippen LogP contribution is 2.10. The van der Waals surface area contributed by atoms with E-state index in [-0.39, 0.29) is 6.42 Å². The predicted molar refractivity (Wildman–Crippen MR) is 78.5 cm³/mol. The van der Waals surface area contributed by atoms with Crippen LogP contribution in [0.1, 0.15) is 26.3 Å². The van der Waals surface area contributed by atoms with Crippen molar-refractivity contribution in [1.29, 1.82) is 0 Å². The number of aliphatic hydroxyl groups is 1. The number of alkyl carbamates (subject to hydrolysis) is 1. The van der Waals surface area contributed by atoms with Gasteiger partial charge in [0.1, 0.15) is 5.60 Å². The van der Waals surface area contributed by atoms with E-state index >= 15 is 0 Å². The molecule has 0 bridgehead atoms. The van der Waals surface area contributed by atoms with E-state index in [4.69, 9.17) is 10.5 Å². The van der Waals surface area contributed by atoms with Gasteiger partial charge in [-0.25, -0.2) is 4.79 Å². The lowest BCUT2D eigenvalue weighted by atomic mass is 10.0. The smallest absolute Gasteiger partial charge is 0.407 e. The summed E-state index contributed by atoms with van der Waals surface area (Å²) < 4.78 is 5.12. The van der Waals surface area contributed by atoms with Crippen LogP contribution in [0, 0.1) is 0 Å². The summed E-state index contributed by atoms with van der Waals surface area (Å²) in [6, 6.07) is 8.33. The maximum Gasteiger partial charge on any atom is 0.407 e. The molecule has 0 aliphatic carbocycles. The van der Waals surface area contributed by atoms with Gasteiger partial charge in [-0.3, -0.25) is 4.79 Å². The molecule has 6 heteroatoms. The summed E-state index contributed by atoms with van der Waals surface area (Å²) >= 11 is 0. The fourth-order valence-corrected chi connectivity index (χ4v) is 1.77. The third kappa shape index (κ3) is 6.27. The van der Waals surface area contributed by atoms with Gasteiger partial charge < -0.3 is 20.9 Å². The number of hydrogen-bond donors (Lipinski definition) is 3. The molecule has 0 unspecified atom stereocenters. The molecule has 1 aromatic rings. The number of carbonyl (C=O) groups excluding carboxylic acids is 2. The molecular weight excluding hydrogens is 272 g/mol. The second-order valence-electron chi connectivity index (χ2n) is 5.79. The second kappa shape index (κ2) is 7.08. The quantitative estimate of drug-likeness (QED) is 0.753. The predicted octanol–water partition coefficient (Wildman–Crippen LogP) is 0.969. The van der Waals surface area contributed by atoms with E-state index < -0.39 is 29.7 Å². The van der Waals surface area contributed by atoms with Gasteiger partial charge in [-0.05, 0) is 32.8 Å². The van der Waals surface area contributed by atoms with Crippen molar-refractivity contribution in [3.63, 3.8) is 0 Å². The minimum Gasteiger partial charge on any atom is -0.444 e. The van der Waals surface area contributed by atoms with Crippen molar-refractivity contribution in [3.05, 3.63) is 35.9 Å². The molecule has 116 valence electrons. The van der Waals surface area contributed by atoms with Crippen molar-refractivity contribution >= 4 is 12.0 Å². The number of amides is 2. The van der Waals surface area contributed by atoms with Crippen molar-refractivity contribution in [1.82, 2.24) is 5.32 Å². The molecule has 0 fully saturated rings. The summed E-state index contributed by atoms with van der Waals surface area (Å²) in [4.78, 5) is 23.0. The van der Waals surface area contributed by atoms with Crippen molar-refractivity contribution in [2.45, 2.75) is 44.9 Å². The summed E-state index contributed by atoms with van der Waals surface area (Å²) in [5.74, 6) is -0.896. The molecule has 0 aliphatic heterocycles. The van der Waals surface area contributed by atoms with Crippen LogP contribution >= 0.6 is 0 Å². The number of primary amides is 1. The lowest BCUT2D eigenvalue weighted by Gasteiger charge is -2.25. The number of nitrogens with one attached hydrogen (secondary N) is 1. The van der Waals surface area contributed by atoms with Crippen LogP contribution in [0.2, 0.25) is 0 Å². The molecule has 0 spiro atoms. The maximum atomic E-state index is 11.8. The lowest BCUT2D eigenvalue weighted by Crippen LogP contribution is -2.51. The minimum absolute atomic E-state index is 0.268. The van der Waals surface area contributed by atoms with Crippen molar-refractivity contribution in [3.8, 4) is 0 Å². The summed E-state index contributed by atoms with van der Waals surface area (Å²) in [5.41, 5.74) is 5.30. The van der Waals surface area contributed by atoms with Gasteiger partial charge in [0.15, 0.2) is 6.10 Å². The average Bonchev–Trinajstić information content (AvgIpc) is 2.36. The molecule has 0 aliphatic rings. The lowest BCUT2D eigenvalue weighted by molar-refractivity contribution is -0.127. The van der Waals surface area contributed by atoms with Crippen LogP contribution in [0.25, 0.3) is 0 Å². The highest BCUT2D eigenvalue weighted by Gasteiger charge is 2.28. The molecule has 21 heavy (non-hydrogen) atoms. The number of rotatable bonds is 5. The van der Waals surface area contributed by atoms with Crippen LogP contribution < -0.4 is 11.1 Å². The molecule has 2 amide bonds. The van der Waals surface area contributed by atoms with E-state index in [1.54, 1.807) is 20.8 Å². The Labute approximate surface area is 124 Å². The summed E-state index contributed by atoms with van der Waals surface area (Å²) in [7, 11) is 0. The normalized spacial score (nSPS) is 14.1. The van der Waals surface area contributed by atoms with E-state index in [0.717, 1.165) is 5.56 Å². The van der Waals surface area contributed by atoms with E-state index in [0.29, 0.717) is 0 Å². The van der Waals surface area contributed by atoms with Gasteiger partial charge in [-0.2, -0.15) is 0 Å². The summed E-state index contributed by atoms with van der Waals surface area (Å²) in [6.07, 6.45) is -1.93. The molecule has 1 rings (SSSR count). The number of ether oxygens (including phenoxy) is 1. The Morgan fingerprint density at radius 1 is 1.29 bits per heavy atom. The number of hydrogen-bond acceptors (Lipinski definition) is 4. The Hall–Kier alpha value is -2.08. The highest BCUT2D eigenvalue weighted by molar-refractivity contribution is 5.80. The van der Waals surface area contributed by atoms with Gasteiger partial charge in [0.2, 0.25) is 5.91 Å². The van der Waals surface area contributed by atoms with Gasteiger partial charge in [0.25, 0.3) is 0 Å². The zero-order chi connectivity index (χ0) is 16.0. The van der Waals surface area contributed by atoms with E-state index in [2.05, 4.69) is 5.32 Å². The molecule has 0 saturated carbocycles. The second-order valence-corrected chi connectivity index (χ2v) is 5.79. The Kier molecular flexibility index (Phi) is 5.72. The molecule has 4 N–H and O–H groups in total. The fourth-order valence-electron chi connectivity index (χ4n) is 1.77. The number of benzene rings is 1. The molecule has 2 atom stereocenters. The number of nitrogens with two attached hydrogens (primary N) is 1. The van der Waals surface area contributed by atoms with E-state index in [9.17, 15) is 14.7 Å². The van der Waals surface area contributed by atoms with Crippen molar-refractivity contribution in [2.24, 2.45) is 5.73 Å². The largest absolute Gasteiger partial charge is 0.444 e. The average molecular weight is 294 g/mol. The fraction of sp³-hybridized carbons (Fsp3) is 0.467. The first-order valence-corrected chi connectivity index (χ1v) is 6.70. The van der Waals surface area contributed by atoms with Gasteiger partial charge in [-0.15, -0.1) is 0 Å². The third-order valence-electron chi connectivity index (χ3n) is 2.67. The molecule has 1 aromatic carbocycles. The number of carbonyl (C=O) groups is 2. The summed E-state index contributed by atoms with van der Waals surface area (Å²) in [6.45, 7) is 5.18. The van der Waals surface area contributed by atoms with Gasteiger partial charge in [0, 0.05) is 0 Å². The molecule has 0 saturated heterocycles. The van der Waals surface area contributed by atoms with Gasteiger partial charge >= 0.3 is 6.09 Å². The van der Waals surface area contributed by atoms with Crippen molar-refractivity contribution < 1.29 is 19.4 Å². The first-order chi connectivity index (χ1) is 9.69. The molecular formula is C15H22N2O4. The maximum absolute atomic E-state index is 11.8. The van der Waals surface area contributed by atoms with Crippen molar-refractivity contribution in [2.75, 3.05) is 0 Å². The van der Waals surface area contributed by atoms with E-state index in [1.165, 1.54) is 0 Å².